The van der Waals surface area contributed by atoms with E-state index in [0.29, 0.717) is 23.4 Å². The van der Waals surface area contributed by atoms with Crippen molar-refractivity contribution >= 4 is 22.7 Å². The molecule has 1 aromatic carbocycles. The van der Waals surface area contributed by atoms with E-state index < -0.39 is 6.29 Å². The highest BCUT2D eigenvalue weighted by atomic mass is 16.8. The quantitative estimate of drug-likeness (QED) is 0.733. The lowest BCUT2D eigenvalue weighted by Gasteiger charge is -2.14. The molecule has 0 spiro atoms. The van der Waals surface area contributed by atoms with Gasteiger partial charge in [0.1, 0.15) is 12.7 Å². The molecule has 4 rings (SSSR count). The van der Waals surface area contributed by atoms with E-state index in [1.807, 2.05) is 30.3 Å². The first-order valence-electron chi connectivity index (χ1n) is 7.77. The van der Waals surface area contributed by atoms with Gasteiger partial charge in [0, 0.05) is 12.1 Å². The average Bonchev–Trinajstić information content (AvgIpc) is 3.24. The molecule has 8 heteroatoms. The highest BCUT2D eigenvalue weighted by Gasteiger charge is 2.27. The van der Waals surface area contributed by atoms with E-state index in [1.54, 1.807) is 6.33 Å². The van der Waals surface area contributed by atoms with Gasteiger partial charge in [0.15, 0.2) is 11.3 Å². The number of ether oxygens (including phenoxy) is 1. The van der Waals surface area contributed by atoms with Gasteiger partial charge in [-0.2, -0.15) is 0 Å². The Morgan fingerprint density at radius 1 is 1.21 bits per heavy atom. The largest absolute Gasteiger partial charge is 0.394 e. The van der Waals surface area contributed by atoms with E-state index >= 15 is 0 Å². The zero-order valence-electron chi connectivity index (χ0n) is 12.9. The maximum atomic E-state index is 9.13. The number of aromatic nitrogens is 4. The monoisotopic (exact) mass is 327 g/mol. The molecule has 0 unspecified atom stereocenters. The van der Waals surface area contributed by atoms with Crippen molar-refractivity contribution < 1.29 is 14.7 Å². The van der Waals surface area contributed by atoms with E-state index in [4.69, 9.17) is 14.7 Å². The van der Waals surface area contributed by atoms with Crippen LogP contribution in [0.1, 0.15) is 12.8 Å². The van der Waals surface area contributed by atoms with Gasteiger partial charge in [-0.3, -0.25) is 0 Å². The molecule has 2 atom stereocenters. The van der Waals surface area contributed by atoms with E-state index in [-0.39, 0.29) is 12.7 Å². The van der Waals surface area contributed by atoms with Gasteiger partial charge in [0.2, 0.25) is 11.9 Å². The number of rotatable bonds is 5. The van der Waals surface area contributed by atoms with Crippen molar-refractivity contribution in [3.63, 3.8) is 0 Å². The zero-order valence-corrected chi connectivity index (χ0v) is 12.9. The maximum Gasteiger partial charge on any atom is 0.225 e. The lowest BCUT2D eigenvalue weighted by Crippen LogP contribution is -2.26. The third kappa shape index (κ3) is 2.89. The number of hydrogen-bond acceptors (Lipinski definition) is 7. The molecule has 1 aliphatic heterocycles. The number of nitrogens with zero attached hydrogens (tertiary/aromatic N) is 4. The van der Waals surface area contributed by atoms with Gasteiger partial charge in [-0.05, 0) is 18.6 Å². The molecule has 124 valence electrons. The maximum absolute atomic E-state index is 9.13. The van der Waals surface area contributed by atoms with E-state index in [9.17, 15) is 0 Å². The number of benzene rings is 1. The van der Waals surface area contributed by atoms with Crippen LogP contribution < -0.4 is 10.2 Å². The van der Waals surface area contributed by atoms with E-state index in [2.05, 4.69) is 20.3 Å². The predicted molar refractivity (Wildman–Crippen MR) is 86.6 cm³/mol. The van der Waals surface area contributed by atoms with Gasteiger partial charge < -0.3 is 20.0 Å². The third-order valence-corrected chi connectivity index (χ3v) is 3.84. The van der Waals surface area contributed by atoms with Crippen molar-refractivity contribution in [2.24, 2.45) is 0 Å². The van der Waals surface area contributed by atoms with Crippen LogP contribution in [0.4, 0.5) is 11.5 Å². The molecule has 0 bridgehead atoms. The van der Waals surface area contributed by atoms with Crippen LogP contribution in [0.5, 0.6) is 0 Å². The van der Waals surface area contributed by atoms with Crippen molar-refractivity contribution in [1.29, 1.82) is 0 Å². The number of anilines is 2. The predicted octanol–water partition coefficient (Wildman–Crippen LogP) is 1.50. The van der Waals surface area contributed by atoms with Gasteiger partial charge in [0.05, 0.1) is 12.7 Å². The topological polar surface area (TPSA) is 94.3 Å². The fourth-order valence-corrected chi connectivity index (χ4v) is 2.65. The first-order valence-corrected chi connectivity index (χ1v) is 7.77. The Labute approximate surface area is 138 Å². The number of fused-ring (bicyclic) bond motifs is 1. The molecule has 2 N–H and O–H groups in total. The fourth-order valence-electron chi connectivity index (χ4n) is 2.65. The molecule has 3 aromatic rings. The summed E-state index contributed by atoms with van der Waals surface area (Å²) in [5, 5.41) is 12.4. The molecule has 3 heterocycles. The van der Waals surface area contributed by atoms with Crippen LogP contribution in [0.3, 0.4) is 0 Å². The van der Waals surface area contributed by atoms with E-state index in [0.717, 1.165) is 12.1 Å². The summed E-state index contributed by atoms with van der Waals surface area (Å²) in [6.07, 6.45) is 3.90. The van der Waals surface area contributed by atoms with Crippen LogP contribution in [0.2, 0.25) is 0 Å². The van der Waals surface area contributed by atoms with Gasteiger partial charge in [-0.15, -0.1) is 4.73 Å². The van der Waals surface area contributed by atoms with Crippen molar-refractivity contribution in [2.75, 3.05) is 11.9 Å². The number of nitrogens with one attached hydrogen (secondary N) is 1. The molecule has 24 heavy (non-hydrogen) atoms. The van der Waals surface area contributed by atoms with Gasteiger partial charge in [-0.25, -0.2) is 15.0 Å². The van der Waals surface area contributed by atoms with Crippen molar-refractivity contribution in [1.82, 2.24) is 19.7 Å². The molecular formula is C16H17N5O3. The molecule has 1 saturated heterocycles. The van der Waals surface area contributed by atoms with Crippen LogP contribution >= 0.6 is 0 Å². The van der Waals surface area contributed by atoms with E-state index in [1.165, 1.54) is 11.1 Å². The number of aliphatic hydroxyl groups excluding tert-OH is 1. The molecule has 8 nitrogen and oxygen atoms in total. The molecule has 0 amide bonds. The third-order valence-electron chi connectivity index (χ3n) is 3.84. The summed E-state index contributed by atoms with van der Waals surface area (Å²) in [7, 11) is 0. The second-order valence-electron chi connectivity index (χ2n) is 5.51. The molecule has 1 aliphatic rings. The zero-order chi connectivity index (χ0) is 16.4. The van der Waals surface area contributed by atoms with Crippen LogP contribution in [0.15, 0.2) is 43.0 Å². The Balaban J connectivity index is 1.57. The number of hydrogen-bond donors (Lipinski definition) is 2. The second-order valence-corrected chi connectivity index (χ2v) is 5.51. The van der Waals surface area contributed by atoms with Crippen LogP contribution in [-0.2, 0) is 4.74 Å². The molecule has 0 saturated carbocycles. The summed E-state index contributed by atoms with van der Waals surface area (Å²) < 4.78 is 7.06. The highest BCUT2D eigenvalue weighted by Crippen LogP contribution is 2.23. The fraction of sp³-hybridized carbons (Fsp3) is 0.312. The smallest absolute Gasteiger partial charge is 0.225 e. The van der Waals surface area contributed by atoms with Crippen LogP contribution in [-0.4, -0.2) is 43.8 Å². The Bertz CT molecular complexity index is 823. The van der Waals surface area contributed by atoms with Crippen molar-refractivity contribution in [3.05, 3.63) is 43.0 Å². The molecule has 1 fully saturated rings. The number of imidazole rings is 1. The molecule has 0 aliphatic carbocycles. The number of para-hydroxylation sites is 1. The SMILES string of the molecule is OC[C@@H]1CC[C@@H](On2cnc3c(Nc4ccccc4)ncnc32)O1. The Hall–Kier alpha value is -2.71. The Morgan fingerprint density at radius 2 is 2.08 bits per heavy atom. The summed E-state index contributed by atoms with van der Waals surface area (Å²) in [4.78, 5) is 18.6. The summed E-state index contributed by atoms with van der Waals surface area (Å²) in [5.41, 5.74) is 2.08. The second kappa shape index (κ2) is 6.42. The highest BCUT2D eigenvalue weighted by molar-refractivity contribution is 5.84. The summed E-state index contributed by atoms with van der Waals surface area (Å²) in [6.45, 7) is -0.00213. The minimum Gasteiger partial charge on any atom is -0.394 e. The summed E-state index contributed by atoms with van der Waals surface area (Å²) in [6, 6.07) is 9.73. The standard InChI is InChI=1S/C16H17N5O3/c22-8-12-6-7-13(23-12)24-21-10-19-14-15(17-9-18-16(14)21)20-11-4-2-1-3-5-11/h1-5,9-10,12-13,22H,6-8H2,(H,17,18,20)/t12-,13+/m0/s1. The van der Waals surface area contributed by atoms with Gasteiger partial charge in [-0.1, -0.05) is 18.2 Å². The Morgan fingerprint density at radius 3 is 2.88 bits per heavy atom. The lowest BCUT2D eigenvalue weighted by molar-refractivity contribution is -0.140. The normalized spacial score (nSPS) is 20.4. The van der Waals surface area contributed by atoms with Crippen LogP contribution in [0.25, 0.3) is 11.2 Å². The molecular weight excluding hydrogens is 310 g/mol. The van der Waals surface area contributed by atoms with Crippen molar-refractivity contribution in [2.45, 2.75) is 25.2 Å². The average molecular weight is 327 g/mol. The Kier molecular flexibility index (Phi) is 3.97. The van der Waals surface area contributed by atoms with Crippen LogP contribution in [0, 0.1) is 0 Å². The lowest BCUT2D eigenvalue weighted by atomic mass is 10.2. The first-order chi connectivity index (χ1) is 11.8. The summed E-state index contributed by atoms with van der Waals surface area (Å²) in [5.74, 6) is 0.606. The first kappa shape index (κ1) is 14.9. The van der Waals surface area contributed by atoms with Gasteiger partial charge in [0.25, 0.3) is 0 Å². The van der Waals surface area contributed by atoms with Crippen molar-refractivity contribution in [3.8, 4) is 0 Å². The molecule has 2 aromatic heterocycles. The molecule has 0 radical (unpaired) electrons. The minimum absolute atomic E-state index is 0.00213. The van der Waals surface area contributed by atoms with Gasteiger partial charge >= 0.3 is 0 Å². The number of aliphatic hydroxyl groups is 1. The minimum atomic E-state index is -0.417. The summed E-state index contributed by atoms with van der Waals surface area (Å²) >= 11 is 0.